The van der Waals surface area contributed by atoms with Gasteiger partial charge >= 0.3 is 0 Å². The van der Waals surface area contributed by atoms with Crippen molar-refractivity contribution in [2.45, 2.75) is 25.4 Å². The smallest absolute Gasteiger partial charge is 0.170 e. The second-order valence-electron chi connectivity index (χ2n) is 4.65. The van der Waals surface area contributed by atoms with E-state index >= 15 is 0 Å². The molecule has 0 saturated carbocycles. The van der Waals surface area contributed by atoms with Gasteiger partial charge in [0.1, 0.15) is 11.5 Å². The number of benzene rings is 1. The van der Waals surface area contributed by atoms with Crippen molar-refractivity contribution in [2.24, 2.45) is 10.9 Å². The molecule has 3 N–H and O–H groups in total. The maximum absolute atomic E-state index is 8.73. The quantitative estimate of drug-likeness (QED) is 0.359. The zero-order valence-electron chi connectivity index (χ0n) is 11.5. The van der Waals surface area contributed by atoms with Crippen LogP contribution >= 0.6 is 0 Å². The van der Waals surface area contributed by atoms with Gasteiger partial charge in [0.25, 0.3) is 0 Å². The summed E-state index contributed by atoms with van der Waals surface area (Å²) in [5.41, 5.74) is 6.14. The van der Waals surface area contributed by atoms with Gasteiger partial charge in [-0.15, -0.1) is 0 Å². The molecular formula is C14H20N2O4. The van der Waals surface area contributed by atoms with Crippen molar-refractivity contribution in [2.75, 3.05) is 20.3 Å². The molecule has 1 aromatic carbocycles. The molecule has 1 atom stereocenters. The lowest BCUT2D eigenvalue weighted by atomic mass is 10.2. The van der Waals surface area contributed by atoms with Gasteiger partial charge in [0.15, 0.2) is 5.84 Å². The van der Waals surface area contributed by atoms with Gasteiger partial charge in [0.2, 0.25) is 0 Å². The summed E-state index contributed by atoms with van der Waals surface area (Å²) in [7, 11) is 1.56. The van der Waals surface area contributed by atoms with Crippen molar-refractivity contribution in [3.8, 4) is 11.5 Å². The Kier molecular flexibility index (Phi) is 5.06. The van der Waals surface area contributed by atoms with E-state index in [2.05, 4.69) is 5.16 Å². The molecule has 1 aromatic rings. The topological polar surface area (TPSA) is 86.3 Å². The van der Waals surface area contributed by atoms with Crippen LogP contribution in [0.1, 0.15) is 24.8 Å². The minimum Gasteiger partial charge on any atom is -0.497 e. The van der Waals surface area contributed by atoms with E-state index in [9.17, 15) is 0 Å². The van der Waals surface area contributed by atoms with Crippen LogP contribution in [0.2, 0.25) is 0 Å². The van der Waals surface area contributed by atoms with Gasteiger partial charge < -0.3 is 25.2 Å². The van der Waals surface area contributed by atoms with Crippen LogP contribution in [0.5, 0.6) is 11.5 Å². The first-order valence-corrected chi connectivity index (χ1v) is 6.64. The Labute approximate surface area is 118 Å². The van der Waals surface area contributed by atoms with E-state index < -0.39 is 0 Å². The molecule has 0 spiro atoms. The fourth-order valence-corrected chi connectivity index (χ4v) is 2.16. The summed E-state index contributed by atoms with van der Waals surface area (Å²) in [6.45, 7) is 1.41. The molecule has 1 heterocycles. The van der Waals surface area contributed by atoms with Gasteiger partial charge in [-0.05, 0) is 25.0 Å². The summed E-state index contributed by atoms with van der Waals surface area (Å²) in [6, 6.07) is 5.17. The molecule has 1 aliphatic heterocycles. The van der Waals surface area contributed by atoms with Crippen LogP contribution in [-0.2, 0) is 4.74 Å². The van der Waals surface area contributed by atoms with Crippen LogP contribution in [0.3, 0.4) is 0 Å². The van der Waals surface area contributed by atoms with E-state index in [1.54, 1.807) is 25.3 Å². The molecule has 6 heteroatoms. The Hall–Kier alpha value is -1.95. The molecule has 1 fully saturated rings. The fraction of sp³-hybridized carbons (Fsp3) is 0.500. The second-order valence-corrected chi connectivity index (χ2v) is 4.65. The third kappa shape index (κ3) is 3.77. The molecule has 1 unspecified atom stereocenters. The standard InChI is InChI=1S/C14H20N2O4/c1-18-12-7-10(14(15)16-17)8-13(9-12)20-6-4-11-3-2-5-19-11/h7-9,11,17H,2-6H2,1H3,(H2,15,16). The summed E-state index contributed by atoms with van der Waals surface area (Å²) in [6.07, 6.45) is 3.37. The molecule has 20 heavy (non-hydrogen) atoms. The minimum absolute atomic E-state index is 0.0212. The van der Waals surface area contributed by atoms with Crippen LogP contribution in [0.4, 0.5) is 0 Å². The van der Waals surface area contributed by atoms with Crippen LogP contribution in [0, 0.1) is 0 Å². The average molecular weight is 280 g/mol. The number of ether oxygens (including phenoxy) is 3. The summed E-state index contributed by atoms with van der Waals surface area (Å²) >= 11 is 0. The largest absolute Gasteiger partial charge is 0.497 e. The molecule has 0 aromatic heterocycles. The molecular weight excluding hydrogens is 260 g/mol. The first-order chi connectivity index (χ1) is 9.72. The SMILES string of the molecule is COc1cc(OCCC2CCCO2)cc(/C(N)=N/O)c1. The van der Waals surface area contributed by atoms with Crippen molar-refractivity contribution >= 4 is 5.84 Å². The molecule has 0 radical (unpaired) electrons. The Balaban J connectivity index is 1.98. The van der Waals surface area contributed by atoms with Crippen molar-refractivity contribution in [3.63, 3.8) is 0 Å². The Morgan fingerprint density at radius 2 is 2.25 bits per heavy atom. The lowest BCUT2D eigenvalue weighted by Crippen LogP contribution is -2.14. The molecule has 0 amide bonds. The van der Waals surface area contributed by atoms with Crippen LogP contribution in [0.15, 0.2) is 23.4 Å². The average Bonchev–Trinajstić information content (AvgIpc) is 2.99. The third-order valence-corrected chi connectivity index (χ3v) is 3.25. The molecule has 0 bridgehead atoms. The first kappa shape index (κ1) is 14.5. The van der Waals surface area contributed by atoms with Gasteiger partial charge in [-0.25, -0.2) is 0 Å². The molecule has 0 aliphatic carbocycles. The maximum Gasteiger partial charge on any atom is 0.170 e. The zero-order chi connectivity index (χ0) is 14.4. The van der Waals surface area contributed by atoms with Crippen molar-refractivity contribution in [3.05, 3.63) is 23.8 Å². The zero-order valence-corrected chi connectivity index (χ0v) is 11.5. The molecule has 2 rings (SSSR count). The lowest BCUT2D eigenvalue weighted by molar-refractivity contribution is 0.0903. The Morgan fingerprint density at radius 3 is 2.90 bits per heavy atom. The summed E-state index contributed by atoms with van der Waals surface area (Å²) in [5.74, 6) is 1.25. The van der Waals surface area contributed by atoms with Gasteiger partial charge in [-0.2, -0.15) is 0 Å². The van der Waals surface area contributed by atoms with E-state index in [4.69, 9.17) is 25.2 Å². The van der Waals surface area contributed by atoms with E-state index in [-0.39, 0.29) is 5.84 Å². The number of hydrogen-bond acceptors (Lipinski definition) is 5. The van der Waals surface area contributed by atoms with Crippen LogP contribution in [0.25, 0.3) is 0 Å². The highest BCUT2D eigenvalue weighted by Crippen LogP contribution is 2.23. The van der Waals surface area contributed by atoms with E-state index in [1.807, 2.05) is 0 Å². The predicted molar refractivity (Wildman–Crippen MR) is 74.6 cm³/mol. The summed E-state index contributed by atoms with van der Waals surface area (Å²) in [4.78, 5) is 0. The van der Waals surface area contributed by atoms with Crippen LogP contribution in [-0.4, -0.2) is 37.5 Å². The normalized spacial score (nSPS) is 19.1. The minimum atomic E-state index is 0.0212. The summed E-state index contributed by atoms with van der Waals surface area (Å²) < 4.78 is 16.4. The van der Waals surface area contributed by atoms with E-state index in [1.165, 1.54) is 0 Å². The number of amidine groups is 1. The van der Waals surface area contributed by atoms with Crippen molar-refractivity contribution < 1.29 is 19.4 Å². The molecule has 6 nitrogen and oxygen atoms in total. The lowest BCUT2D eigenvalue weighted by Gasteiger charge is -2.12. The number of rotatable bonds is 6. The van der Waals surface area contributed by atoms with Crippen molar-refractivity contribution in [1.29, 1.82) is 0 Å². The van der Waals surface area contributed by atoms with Gasteiger partial charge in [-0.1, -0.05) is 5.16 Å². The highest BCUT2D eigenvalue weighted by molar-refractivity contribution is 5.97. The predicted octanol–water partition coefficient (Wildman–Crippen LogP) is 1.74. The number of hydrogen-bond donors (Lipinski definition) is 2. The number of nitrogens with two attached hydrogens (primary N) is 1. The Morgan fingerprint density at radius 1 is 1.45 bits per heavy atom. The third-order valence-electron chi connectivity index (χ3n) is 3.25. The van der Waals surface area contributed by atoms with Crippen molar-refractivity contribution in [1.82, 2.24) is 0 Å². The fourth-order valence-electron chi connectivity index (χ4n) is 2.16. The van der Waals surface area contributed by atoms with E-state index in [0.29, 0.717) is 29.8 Å². The molecule has 1 saturated heterocycles. The van der Waals surface area contributed by atoms with E-state index in [0.717, 1.165) is 25.9 Å². The number of nitrogens with zero attached hydrogens (tertiary/aromatic N) is 1. The highest BCUT2D eigenvalue weighted by Gasteiger charge is 2.15. The number of methoxy groups -OCH3 is 1. The van der Waals surface area contributed by atoms with Gasteiger partial charge in [0.05, 0.1) is 19.8 Å². The number of oxime groups is 1. The van der Waals surface area contributed by atoms with Gasteiger partial charge in [0, 0.05) is 24.7 Å². The monoisotopic (exact) mass is 280 g/mol. The molecule has 110 valence electrons. The Bertz CT molecular complexity index is 470. The molecule has 1 aliphatic rings. The first-order valence-electron chi connectivity index (χ1n) is 6.64. The van der Waals surface area contributed by atoms with Gasteiger partial charge in [-0.3, -0.25) is 0 Å². The maximum atomic E-state index is 8.73. The highest BCUT2D eigenvalue weighted by atomic mass is 16.5. The summed E-state index contributed by atoms with van der Waals surface area (Å²) in [5, 5.41) is 11.7. The van der Waals surface area contributed by atoms with Crippen LogP contribution < -0.4 is 15.2 Å². The second kappa shape index (κ2) is 7.00.